The molecule has 0 fully saturated rings. The highest BCUT2D eigenvalue weighted by molar-refractivity contribution is 9.10. The summed E-state index contributed by atoms with van der Waals surface area (Å²) in [6.45, 7) is 2.14. The predicted molar refractivity (Wildman–Crippen MR) is 126 cm³/mol. The first kappa shape index (κ1) is 22.8. The maximum atomic E-state index is 14.4. The van der Waals surface area contributed by atoms with Crippen LogP contribution in [0.3, 0.4) is 0 Å². The van der Waals surface area contributed by atoms with Crippen LogP contribution in [0.15, 0.2) is 65.1 Å². The van der Waals surface area contributed by atoms with Crippen molar-refractivity contribution in [2.45, 2.75) is 26.2 Å². The number of halogens is 6. The third-order valence-electron chi connectivity index (χ3n) is 5.49. The number of rotatable bonds is 5. The van der Waals surface area contributed by atoms with E-state index in [0.717, 1.165) is 35.4 Å². The molecule has 0 N–H and O–H groups in total. The SMILES string of the molecule is CCCc1ccc(-c2ccc3c(Cl)c(-c4cc(F)c(Br)c(F)c4C(F)F)ccc3c2)cc1. The fourth-order valence-corrected chi connectivity index (χ4v) is 4.54. The second kappa shape index (κ2) is 9.24. The minimum Gasteiger partial charge on any atom is -0.206 e. The molecule has 0 unspecified atom stereocenters. The van der Waals surface area contributed by atoms with E-state index in [-0.39, 0.29) is 16.1 Å². The fraction of sp³-hybridized carbons (Fsp3) is 0.154. The van der Waals surface area contributed by atoms with Gasteiger partial charge in [0.05, 0.1) is 15.1 Å². The van der Waals surface area contributed by atoms with Gasteiger partial charge in [-0.1, -0.05) is 73.5 Å². The molecule has 0 spiro atoms. The minimum atomic E-state index is -3.13. The number of benzene rings is 4. The van der Waals surface area contributed by atoms with Crippen LogP contribution in [0.2, 0.25) is 5.02 Å². The monoisotopic (exact) mass is 520 g/mol. The molecule has 164 valence electrons. The van der Waals surface area contributed by atoms with Gasteiger partial charge in [0, 0.05) is 10.9 Å². The summed E-state index contributed by atoms with van der Waals surface area (Å²) in [6.07, 6.45) is -1.03. The second-order valence-corrected chi connectivity index (χ2v) is 8.73. The van der Waals surface area contributed by atoms with Crippen LogP contribution in [0, 0.1) is 11.6 Å². The summed E-state index contributed by atoms with van der Waals surface area (Å²) in [5.74, 6) is -2.30. The van der Waals surface area contributed by atoms with Crippen molar-refractivity contribution in [3.8, 4) is 22.3 Å². The Hall–Kier alpha value is -2.37. The lowest BCUT2D eigenvalue weighted by Crippen LogP contribution is -2.00. The summed E-state index contributed by atoms with van der Waals surface area (Å²) in [5, 5.41) is 1.57. The zero-order valence-corrected chi connectivity index (χ0v) is 19.4. The smallest absolute Gasteiger partial charge is 0.206 e. The summed E-state index contributed by atoms with van der Waals surface area (Å²) < 4.78 is 55.2. The summed E-state index contributed by atoms with van der Waals surface area (Å²) >= 11 is 9.24. The standard InChI is InChI=1S/C26H18BrClF4/c1-2-3-14-4-6-15(7-5-14)16-8-10-18-17(12-16)9-11-19(24(18)28)20-13-21(29)23(27)25(30)22(20)26(31)32/h4-13,26H,2-3H2,1H3. The van der Waals surface area contributed by atoms with Gasteiger partial charge in [-0.05, 0) is 62.1 Å². The molecule has 0 saturated heterocycles. The lowest BCUT2D eigenvalue weighted by Gasteiger charge is -2.15. The molecule has 0 aliphatic rings. The molecule has 0 aliphatic carbocycles. The van der Waals surface area contributed by atoms with E-state index in [9.17, 15) is 17.6 Å². The maximum Gasteiger partial charge on any atom is 0.267 e. The third kappa shape index (κ3) is 4.16. The van der Waals surface area contributed by atoms with Crippen LogP contribution in [-0.4, -0.2) is 0 Å². The molecule has 0 aromatic heterocycles. The molecule has 4 aromatic rings. The van der Waals surface area contributed by atoms with Gasteiger partial charge in [-0.15, -0.1) is 0 Å². The first-order chi connectivity index (χ1) is 15.3. The Morgan fingerprint density at radius 2 is 1.56 bits per heavy atom. The summed E-state index contributed by atoms with van der Waals surface area (Å²) in [7, 11) is 0. The lowest BCUT2D eigenvalue weighted by molar-refractivity contribution is 0.146. The zero-order valence-electron chi connectivity index (χ0n) is 17.0. The summed E-state index contributed by atoms with van der Waals surface area (Å²) in [6, 6.07) is 18.1. The van der Waals surface area contributed by atoms with Crippen molar-refractivity contribution in [3.05, 3.63) is 92.9 Å². The van der Waals surface area contributed by atoms with Crippen LogP contribution >= 0.6 is 27.5 Å². The molecule has 0 heterocycles. The molecule has 4 aromatic carbocycles. The van der Waals surface area contributed by atoms with Gasteiger partial charge in [0.1, 0.15) is 11.6 Å². The van der Waals surface area contributed by atoms with Gasteiger partial charge in [0.2, 0.25) is 0 Å². The van der Waals surface area contributed by atoms with Gasteiger partial charge in [0.25, 0.3) is 6.43 Å². The molecule has 0 amide bonds. The number of hydrogen-bond donors (Lipinski definition) is 0. The average molecular weight is 522 g/mol. The zero-order chi connectivity index (χ0) is 23.0. The van der Waals surface area contributed by atoms with Crippen molar-refractivity contribution in [2.24, 2.45) is 0 Å². The van der Waals surface area contributed by atoms with Gasteiger partial charge in [-0.25, -0.2) is 17.6 Å². The van der Waals surface area contributed by atoms with E-state index < -0.39 is 28.1 Å². The van der Waals surface area contributed by atoms with Crippen molar-refractivity contribution in [3.63, 3.8) is 0 Å². The van der Waals surface area contributed by atoms with Gasteiger partial charge < -0.3 is 0 Å². The molecule has 0 bridgehead atoms. The normalized spacial score (nSPS) is 11.5. The minimum absolute atomic E-state index is 0.149. The first-order valence-corrected chi connectivity index (χ1v) is 11.3. The first-order valence-electron chi connectivity index (χ1n) is 10.1. The van der Waals surface area contributed by atoms with Crippen LogP contribution < -0.4 is 0 Å². The largest absolute Gasteiger partial charge is 0.267 e. The number of aryl methyl sites for hydroxylation is 1. The van der Waals surface area contributed by atoms with Gasteiger partial charge in [0.15, 0.2) is 0 Å². The molecule has 4 rings (SSSR count). The highest BCUT2D eigenvalue weighted by Gasteiger charge is 2.26. The van der Waals surface area contributed by atoms with Crippen LogP contribution in [0.25, 0.3) is 33.0 Å². The van der Waals surface area contributed by atoms with Crippen LogP contribution in [0.5, 0.6) is 0 Å². The Morgan fingerprint density at radius 3 is 2.22 bits per heavy atom. The van der Waals surface area contributed by atoms with E-state index in [0.29, 0.717) is 5.39 Å². The Morgan fingerprint density at radius 1 is 0.875 bits per heavy atom. The van der Waals surface area contributed by atoms with Crippen molar-refractivity contribution in [1.29, 1.82) is 0 Å². The van der Waals surface area contributed by atoms with Crippen LogP contribution in [-0.2, 0) is 6.42 Å². The average Bonchev–Trinajstić information content (AvgIpc) is 2.78. The molecule has 0 aliphatic heterocycles. The molecule has 6 heteroatoms. The van der Waals surface area contributed by atoms with E-state index in [1.165, 1.54) is 11.6 Å². The summed E-state index contributed by atoms with van der Waals surface area (Å²) in [4.78, 5) is 0. The number of hydrogen-bond acceptors (Lipinski definition) is 0. The van der Waals surface area contributed by atoms with Crippen molar-refractivity contribution in [1.82, 2.24) is 0 Å². The molecule has 0 atom stereocenters. The van der Waals surface area contributed by atoms with Gasteiger partial charge >= 0.3 is 0 Å². The topological polar surface area (TPSA) is 0 Å². The number of fused-ring (bicyclic) bond motifs is 1. The van der Waals surface area contributed by atoms with E-state index >= 15 is 0 Å². The fourth-order valence-electron chi connectivity index (χ4n) is 3.88. The van der Waals surface area contributed by atoms with Gasteiger partial charge in [-0.2, -0.15) is 0 Å². The molecular weight excluding hydrogens is 504 g/mol. The quantitative estimate of drug-likeness (QED) is 0.181. The van der Waals surface area contributed by atoms with E-state index in [1.54, 1.807) is 12.1 Å². The third-order valence-corrected chi connectivity index (χ3v) is 6.62. The molecule has 0 nitrogen and oxygen atoms in total. The predicted octanol–water partition coefficient (Wildman–Crippen LogP) is 9.76. The van der Waals surface area contributed by atoms with Crippen LogP contribution in [0.4, 0.5) is 17.6 Å². The van der Waals surface area contributed by atoms with E-state index in [4.69, 9.17) is 11.6 Å². The Kier molecular flexibility index (Phi) is 6.59. The summed E-state index contributed by atoms with van der Waals surface area (Å²) in [5.41, 5.74) is 2.30. The van der Waals surface area contributed by atoms with Crippen molar-refractivity contribution >= 4 is 38.3 Å². The van der Waals surface area contributed by atoms with Crippen molar-refractivity contribution < 1.29 is 17.6 Å². The Bertz CT molecular complexity index is 1300. The molecule has 0 saturated carbocycles. The molecular formula is C26H18BrClF4. The second-order valence-electron chi connectivity index (χ2n) is 7.56. The van der Waals surface area contributed by atoms with Gasteiger partial charge in [-0.3, -0.25) is 0 Å². The van der Waals surface area contributed by atoms with Crippen LogP contribution in [0.1, 0.15) is 30.9 Å². The molecule has 0 radical (unpaired) electrons. The Balaban J connectivity index is 1.82. The van der Waals surface area contributed by atoms with E-state index in [1.807, 2.05) is 12.1 Å². The Labute approximate surface area is 197 Å². The molecule has 32 heavy (non-hydrogen) atoms. The highest BCUT2D eigenvalue weighted by atomic mass is 79.9. The number of alkyl halides is 2. The highest BCUT2D eigenvalue weighted by Crippen LogP contribution is 2.42. The van der Waals surface area contributed by atoms with Crippen molar-refractivity contribution in [2.75, 3.05) is 0 Å². The lowest BCUT2D eigenvalue weighted by atomic mass is 9.94. The maximum absolute atomic E-state index is 14.4. The van der Waals surface area contributed by atoms with E-state index in [2.05, 4.69) is 47.1 Å².